The number of carbonyl (C=O) groups excluding carboxylic acids is 1. The second kappa shape index (κ2) is 6.15. The highest BCUT2D eigenvalue weighted by Crippen LogP contribution is 2.13. The number of rotatable bonds is 5. The van der Waals surface area contributed by atoms with Crippen LogP contribution in [0, 0.1) is 0 Å². The Balaban J connectivity index is 2.22. The van der Waals surface area contributed by atoms with E-state index in [1.165, 1.54) is 7.11 Å². The van der Waals surface area contributed by atoms with Crippen LogP contribution in [-0.2, 0) is 29.0 Å². The molecule has 100 valence electrons. The average molecular weight is 259 g/mol. The minimum absolute atomic E-state index is 0.239. The Morgan fingerprint density at radius 1 is 1.37 bits per heavy atom. The van der Waals surface area contributed by atoms with Crippen LogP contribution in [0.4, 0.5) is 0 Å². The zero-order chi connectivity index (χ0) is 13.7. The zero-order valence-electron chi connectivity index (χ0n) is 10.9. The van der Waals surface area contributed by atoms with Crippen molar-refractivity contribution in [1.29, 1.82) is 0 Å². The molecule has 0 fully saturated rings. The van der Waals surface area contributed by atoms with E-state index in [4.69, 9.17) is 10.5 Å². The van der Waals surface area contributed by atoms with Gasteiger partial charge in [-0.1, -0.05) is 24.3 Å². The first-order valence-electron chi connectivity index (χ1n) is 6.08. The van der Waals surface area contributed by atoms with Crippen molar-refractivity contribution in [3.05, 3.63) is 53.6 Å². The summed E-state index contributed by atoms with van der Waals surface area (Å²) in [5.74, 6) is 0.588. The number of nitrogens with two attached hydrogens (primary N) is 1. The lowest BCUT2D eigenvalue weighted by Gasteiger charge is -2.11. The van der Waals surface area contributed by atoms with Gasteiger partial charge < -0.3 is 15.0 Å². The Morgan fingerprint density at radius 2 is 2.11 bits per heavy atom. The lowest BCUT2D eigenvalue weighted by atomic mass is 10.0. The monoisotopic (exact) mass is 259 g/mol. The third-order valence-electron chi connectivity index (χ3n) is 3.01. The predicted molar refractivity (Wildman–Crippen MR) is 71.4 cm³/mol. The van der Waals surface area contributed by atoms with Crippen molar-refractivity contribution in [2.24, 2.45) is 5.73 Å². The molecule has 5 heteroatoms. The van der Waals surface area contributed by atoms with Crippen LogP contribution in [0.5, 0.6) is 0 Å². The summed E-state index contributed by atoms with van der Waals surface area (Å²) in [5, 5.41) is 0. The van der Waals surface area contributed by atoms with Crippen LogP contribution in [0.2, 0.25) is 0 Å². The largest absolute Gasteiger partial charge is 0.469 e. The molecule has 0 atom stereocenters. The molecule has 0 aliphatic carbocycles. The molecule has 2 rings (SSSR count). The second-order valence-electron chi connectivity index (χ2n) is 4.20. The summed E-state index contributed by atoms with van der Waals surface area (Å²) in [7, 11) is 1.40. The SMILES string of the molecule is COC(=O)Cc1ccccc1Cn1ccnc1CN. The summed E-state index contributed by atoms with van der Waals surface area (Å²) >= 11 is 0. The molecule has 1 heterocycles. The number of hydrogen-bond donors (Lipinski definition) is 1. The van der Waals surface area contributed by atoms with Crippen LogP contribution >= 0.6 is 0 Å². The van der Waals surface area contributed by atoms with Crippen LogP contribution in [-0.4, -0.2) is 22.6 Å². The first kappa shape index (κ1) is 13.3. The van der Waals surface area contributed by atoms with E-state index in [0.717, 1.165) is 17.0 Å². The molecular formula is C14H17N3O2. The number of imidazole rings is 1. The highest BCUT2D eigenvalue weighted by atomic mass is 16.5. The summed E-state index contributed by atoms with van der Waals surface area (Å²) in [6, 6.07) is 7.80. The van der Waals surface area contributed by atoms with Gasteiger partial charge in [0.1, 0.15) is 5.82 Å². The number of esters is 1. The number of carbonyl (C=O) groups is 1. The van der Waals surface area contributed by atoms with Gasteiger partial charge in [0.2, 0.25) is 0 Å². The maximum Gasteiger partial charge on any atom is 0.309 e. The van der Waals surface area contributed by atoms with Gasteiger partial charge in [0.25, 0.3) is 0 Å². The molecule has 0 unspecified atom stereocenters. The van der Waals surface area contributed by atoms with Crippen LogP contribution in [0.3, 0.4) is 0 Å². The van der Waals surface area contributed by atoms with E-state index in [2.05, 4.69) is 4.98 Å². The minimum atomic E-state index is -0.239. The van der Waals surface area contributed by atoms with Gasteiger partial charge in [-0.25, -0.2) is 4.98 Å². The van der Waals surface area contributed by atoms with Gasteiger partial charge in [-0.3, -0.25) is 4.79 Å². The number of nitrogens with zero attached hydrogens (tertiary/aromatic N) is 2. The van der Waals surface area contributed by atoms with Crippen molar-refractivity contribution < 1.29 is 9.53 Å². The van der Waals surface area contributed by atoms with Crippen LogP contribution < -0.4 is 5.73 Å². The van der Waals surface area contributed by atoms with Crippen LogP contribution in [0.1, 0.15) is 17.0 Å². The Bertz CT molecular complexity index is 563. The number of hydrogen-bond acceptors (Lipinski definition) is 4. The summed E-state index contributed by atoms with van der Waals surface area (Å²) in [5.41, 5.74) is 7.67. The lowest BCUT2D eigenvalue weighted by molar-refractivity contribution is -0.139. The van der Waals surface area contributed by atoms with E-state index in [1.807, 2.05) is 35.0 Å². The summed E-state index contributed by atoms with van der Waals surface area (Å²) in [6.07, 6.45) is 3.89. The number of methoxy groups -OCH3 is 1. The Hall–Kier alpha value is -2.14. The number of aromatic nitrogens is 2. The highest BCUT2D eigenvalue weighted by Gasteiger charge is 2.09. The molecule has 0 aliphatic heterocycles. The van der Waals surface area contributed by atoms with Gasteiger partial charge >= 0.3 is 5.97 Å². The molecule has 2 N–H and O–H groups in total. The number of benzene rings is 1. The maximum atomic E-state index is 11.4. The minimum Gasteiger partial charge on any atom is -0.469 e. The molecular weight excluding hydrogens is 242 g/mol. The third kappa shape index (κ3) is 3.20. The Morgan fingerprint density at radius 3 is 2.79 bits per heavy atom. The van der Waals surface area contributed by atoms with Crippen molar-refractivity contribution in [3.8, 4) is 0 Å². The first-order chi connectivity index (χ1) is 9.24. The van der Waals surface area contributed by atoms with Gasteiger partial charge in [-0.2, -0.15) is 0 Å². The van der Waals surface area contributed by atoms with Crippen LogP contribution in [0.25, 0.3) is 0 Å². The van der Waals surface area contributed by atoms with Gasteiger partial charge in [-0.15, -0.1) is 0 Å². The topological polar surface area (TPSA) is 70.1 Å². The van der Waals surface area contributed by atoms with E-state index in [9.17, 15) is 4.79 Å². The number of ether oxygens (including phenoxy) is 1. The van der Waals surface area contributed by atoms with Crippen molar-refractivity contribution in [1.82, 2.24) is 9.55 Å². The van der Waals surface area contributed by atoms with Crippen molar-refractivity contribution in [2.45, 2.75) is 19.5 Å². The Kier molecular flexibility index (Phi) is 4.30. The molecule has 0 radical (unpaired) electrons. The summed E-state index contributed by atoms with van der Waals surface area (Å²) in [4.78, 5) is 15.6. The van der Waals surface area contributed by atoms with E-state index in [0.29, 0.717) is 13.1 Å². The standard InChI is InChI=1S/C14H17N3O2/c1-19-14(18)8-11-4-2-3-5-12(11)10-17-7-6-16-13(17)9-15/h2-7H,8-10,15H2,1H3. The smallest absolute Gasteiger partial charge is 0.309 e. The van der Waals surface area contributed by atoms with Gasteiger partial charge in [0, 0.05) is 18.9 Å². The van der Waals surface area contributed by atoms with E-state index < -0.39 is 0 Å². The molecule has 1 aromatic heterocycles. The molecule has 5 nitrogen and oxygen atoms in total. The molecule has 0 saturated carbocycles. The summed E-state index contributed by atoms with van der Waals surface area (Å²) in [6.45, 7) is 1.05. The lowest BCUT2D eigenvalue weighted by Crippen LogP contribution is -2.12. The van der Waals surface area contributed by atoms with E-state index >= 15 is 0 Å². The molecule has 1 aromatic carbocycles. The molecule has 0 saturated heterocycles. The predicted octanol–water partition coefficient (Wildman–Crippen LogP) is 1.11. The zero-order valence-corrected chi connectivity index (χ0v) is 10.9. The average Bonchev–Trinajstić information content (AvgIpc) is 2.88. The van der Waals surface area contributed by atoms with Gasteiger partial charge in [0.05, 0.1) is 20.1 Å². The molecule has 0 amide bonds. The fourth-order valence-corrected chi connectivity index (χ4v) is 1.97. The molecule has 2 aromatic rings. The van der Waals surface area contributed by atoms with E-state index in [-0.39, 0.29) is 12.4 Å². The van der Waals surface area contributed by atoms with Crippen molar-refractivity contribution in [2.75, 3.05) is 7.11 Å². The molecule has 0 bridgehead atoms. The van der Waals surface area contributed by atoms with Crippen LogP contribution in [0.15, 0.2) is 36.7 Å². The fraction of sp³-hybridized carbons (Fsp3) is 0.286. The summed E-state index contributed by atoms with van der Waals surface area (Å²) < 4.78 is 6.69. The highest BCUT2D eigenvalue weighted by molar-refractivity contribution is 5.72. The Labute approximate surface area is 112 Å². The molecule has 0 aliphatic rings. The maximum absolute atomic E-state index is 11.4. The van der Waals surface area contributed by atoms with Crippen molar-refractivity contribution in [3.63, 3.8) is 0 Å². The van der Waals surface area contributed by atoms with Gasteiger partial charge in [-0.05, 0) is 11.1 Å². The normalized spacial score (nSPS) is 10.4. The van der Waals surface area contributed by atoms with E-state index in [1.54, 1.807) is 6.20 Å². The quantitative estimate of drug-likeness (QED) is 0.816. The molecule has 19 heavy (non-hydrogen) atoms. The fourth-order valence-electron chi connectivity index (χ4n) is 1.97. The van der Waals surface area contributed by atoms with Crippen molar-refractivity contribution >= 4 is 5.97 Å². The third-order valence-corrected chi connectivity index (χ3v) is 3.01. The van der Waals surface area contributed by atoms with Gasteiger partial charge in [0.15, 0.2) is 0 Å². The second-order valence-corrected chi connectivity index (χ2v) is 4.20. The molecule has 0 spiro atoms. The first-order valence-corrected chi connectivity index (χ1v) is 6.08.